The highest BCUT2D eigenvalue weighted by molar-refractivity contribution is 8.27. The maximum atomic E-state index is 13.1. The number of hydrogen-bond donors (Lipinski definition) is 0. The molecular weight excluding hydrogens is 444 g/mol. The van der Waals surface area contributed by atoms with Gasteiger partial charge in [0.1, 0.15) is 0 Å². The quantitative estimate of drug-likeness (QED) is 0.347. The number of benzene rings is 2. The van der Waals surface area contributed by atoms with E-state index in [9.17, 15) is 4.79 Å². The third-order valence-electron chi connectivity index (χ3n) is 6.05. The number of para-hydroxylation sites is 1. The third-order valence-corrected chi connectivity index (χ3v) is 7.68. The smallest absolute Gasteiger partial charge is 0.270 e. The lowest BCUT2D eigenvalue weighted by Gasteiger charge is -2.47. The average molecular weight is 471 g/mol. The van der Waals surface area contributed by atoms with Crippen molar-refractivity contribution in [3.8, 4) is 0 Å². The van der Waals surface area contributed by atoms with Crippen molar-refractivity contribution in [2.75, 3.05) is 16.3 Å². The fraction of sp³-hybridized carbons (Fsp3) is 0.360. The molecule has 0 saturated carbocycles. The molecule has 1 amide bonds. The Bertz CT molecular complexity index is 1060. The molecule has 2 heterocycles. The first-order valence-corrected chi connectivity index (χ1v) is 12.3. The zero-order valence-corrected chi connectivity index (χ0v) is 20.7. The van der Waals surface area contributed by atoms with Gasteiger partial charge in [0.25, 0.3) is 5.91 Å². The van der Waals surface area contributed by atoms with Crippen LogP contribution < -0.4 is 9.80 Å². The summed E-state index contributed by atoms with van der Waals surface area (Å²) in [7, 11) is 0. The molecule has 1 unspecified atom stereocenters. The van der Waals surface area contributed by atoms with Crippen molar-refractivity contribution in [1.29, 1.82) is 0 Å². The first kappa shape index (κ1) is 22.4. The summed E-state index contributed by atoms with van der Waals surface area (Å²) >= 11 is 13.6. The van der Waals surface area contributed by atoms with Crippen LogP contribution in [0.2, 0.25) is 5.02 Å². The van der Waals surface area contributed by atoms with Gasteiger partial charge < -0.3 is 4.90 Å². The first-order chi connectivity index (χ1) is 14.7. The highest BCUT2D eigenvalue weighted by Crippen LogP contribution is 2.46. The summed E-state index contributed by atoms with van der Waals surface area (Å²) in [6.07, 6.45) is 4.05. The fourth-order valence-electron chi connectivity index (χ4n) is 4.69. The van der Waals surface area contributed by atoms with E-state index in [0.29, 0.717) is 20.2 Å². The molecular formula is C25H27ClN2OS2. The largest absolute Gasteiger partial charge is 0.366 e. The van der Waals surface area contributed by atoms with Crippen molar-refractivity contribution in [2.45, 2.75) is 52.0 Å². The fourth-order valence-corrected chi connectivity index (χ4v) is 6.19. The van der Waals surface area contributed by atoms with Gasteiger partial charge in [0, 0.05) is 22.8 Å². The lowest BCUT2D eigenvalue weighted by molar-refractivity contribution is -0.113. The zero-order valence-electron chi connectivity index (χ0n) is 18.3. The van der Waals surface area contributed by atoms with Crippen LogP contribution in [0.3, 0.4) is 0 Å². The van der Waals surface area contributed by atoms with Crippen molar-refractivity contribution < 1.29 is 4.79 Å². The number of hydrogen-bond acceptors (Lipinski definition) is 4. The van der Waals surface area contributed by atoms with Gasteiger partial charge in [0.05, 0.1) is 10.6 Å². The number of rotatable bonds is 4. The molecule has 0 bridgehead atoms. The van der Waals surface area contributed by atoms with E-state index in [1.807, 2.05) is 36.4 Å². The van der Waals surface area contributed by atoms with Crippen LogP contribution in [-0.2, 0) is 4.79 Å². The molecule has 1 saturated heterocycles. The Morgan fingerprint density at radius 1 is 1.26 bits per heavy atom. The normalized spacial score (nSPS) is 21.7. The molecule has 0 aliphatic carbocycles. The van der Waals surface area contributed by atoms with Gasteiger partial charge in [-0.3, -0.25) is 9.69 Å². The van der Waals surface area contributed by atoms with Crippen molar-refractivity contribution in [3.05, 3.63) is 63.5 Å². The number of anilines is 2. The Kier molecular flexibility index (Phi) is 6.21. The predicted molar refractivity (Wildman–Crippen MR) is 138 cm³/mol. The summed E-state index contributed by atoms with van der Waals surface area (Å²) in [5.41, 5.74) is 4.25. The number of amides is 1. The van der Waals surface area contributed by atoms with Gasteiger partial charge in [-0.2, -0.15) is 0 Å². The standard InChI is InChI=1S/C25H27ClN2OS2/c1-5-11-27-21-14-20(26)17(12-19(21)16(2)15-25(27,3)4)13-22-23(29)28(24(30)31-22)18-9-7-6-8-10-18/h6-10,12-14,16H,5,11,15H2,1-4H3/b22-13+. The summed E-state index contributed by atoms with van der Waals surface area (Å²) in [5, 5.41) is 0.662. The van der Waals surface area contributed by atoms with E-state index in [2.05, 4.69) is 44.7 Å². The number of carbonyl (C=O) groups is 1. The molecule has 4 rings (SSSR count). The molecule has 0 aromatic heterocycles. The van der Waals surface area contributed by atoms with Crippen LogP contribution in [0.5, 0.6) is 0 Å². The molecule has 2 aromatic carbocycles. The van der Waals surface area contributed by atoms with Crippen molar-refractivity contribution >= 4 is 63.3 Å². The predicted octanol–water partition coefficient (Wildman–Crippen LogP) is 7.25. The molecule has 0 radical (unpaired) electrons. The lowest BCUT2D eigenvalue weighted by Crippen LogP contribution is -2.48. The summed E-state index contributed by atoms with van der Waals surface area (Å²) in [4.78, 5) is 17.8. The number of fused-ring (bicyclic) bond motifs is 1. The van der Waals surface area contributed by atoms with Crippen LogP contribution in [0.4, 0.5) is 11.4 Å². The molecule has 1 atom stereocenters. The highest BCUT2D eigenvalue weighted by Gasteiger charge is 2.37. The van der Waals surface area contributed by atoms with Gasteiger partial charge in [-0.25, -0.2) is 0 Å². The summed E-state index contributed by atoms with van der Waals surface area (Å²) in [5.74, 6) is 0.318. The van der Waals surface area contributed by atoms with E-state index in [1.165, 1.54) is 23.0 Å². The summed E-state index contributed by atoms with van der Waals surface area (Å²) < 4.78 is 0.542. The van der Waals surface area contributed by atoms with Crippen molar-refractivity contribution in [3.63, 3.8) is 0 Å². The Morgan fingerprint density at radius 3 is 2.65 bits per heavy atom. The molecule has 6 heteroatoms. The van der Waals surface area contributed by atoms with E-state index < -0.39 is 0 Å². The molecule has 2 aliphatic rings. The van der Waals surface area contributed by atoms with Gasteiger partial charge in [0.2, 0.25) is 0 Å². The number of halogens is 1. The minimum atomic E-state index is -0.100. The van der Waals surface area contributed by atoms with Crippen LogP contribution in [0.25, 0.3) is 6.08 Å². The second kappa shape index (κ2) is 8.61. The first-order valence-electron chi connectivity index (χ1n) is 10.7. The second-order valence-electron chi connectivity index (χ2n) is 8.85. The highest BCUT2D eigenvalue weighted by atomic mass is 35.5. The van der Waals surface area contributed by atoms with E-state index in [1.54, 1.807) is 4.90 Å². The van der Waals surface area contributed by atoms with E-state index in [0.717, 1.165) is 30.6 Å². The zero-order chi connectivity index (χ0) is 22.3. The van der Waals surface area contributed by atoms with Gasteiger partial charge in [-0.15, -0.1) is 0 Å². The van der Waals surface area contributed by atoms with Crippen LogP contribution in [0.15, 0.2) is 47.4 Å². The van der Waals surface area contributed by atoms with E-state index >= 15 is 0 Å². The SMILES string of the molecule is CCCN1c2cc(Cl)c(/C=C3/SC(=S)N(c4ccccc4)C3=O)cc2C(C)CC1(C)C. The van der Waals surface area contributed by atoms with Crippen molar-refractivity contribution in [1.82, 2.24) is 0 Å². The van der Waals surface area contributed by atoms with Gasteiger partial charge in [-0.1, -0.05) is 67.6 Å². The molecule has 3 nitrogen and oxygen atoms in total. The van der Waals surface area contributed by atoms with Crippen LogP contribution in [-0.4, -0.2) is 22.3 Å². The van der Waals surface area contributed by atoms with Crippen molar-refractivity contribution in [2.24, 2.45) is 0 Å². The minimum Gasteiger partial charge on any atom is -0.366 e. The number of thioether (sulfide) groups is 1. The minimum absolute atomic E-state index is 0.0887. The van der Waals surface area contributed by atoms with Gasteiger partial charge >= 0.3 is 0 Å². The maximum Gasteiger partial charge on any atom is 0.270 e. The Balaban J connectivity index is 1.72. The molecule has 2 aromatic rings. The second-order valence-corrected chi connectivity index (χ2v) is 10.9. The monoisotopic (exact) mass is 470 g/mol. The topological polar surface area (TPSA) is 23.6 Å². The van der Waals surface area contributed by atoms with Crippen LogP contribution in [0.1, 0.15) is 57.6 Å². The summed E-state index contributed by atoms with van der Waals surface area (Å²) in [6.45, 7) is 10.1. The summed E-state index contributed by atoms with van der Waals surface area (Å²) in [6, 6.07) is 13.8. The van der Waals surface area contributed by atoms with Crippen LogP contribution >= 0.6 is 35.6 Å². The molecule has 0 spiro atoms. The van der Waals surface area contributed by atoms with Crippen LogP contribution in [0, 0.1) is 0 Å². The average Bonchev–Trinajstić information content (AvgIpc) is 2.99. The van der Waals surface area contributed by atoms with E-state index in [-0.39, 0.29) is 11.4 Å². The number of nitrogens with zero attached hydrogens (tertiary/aromatic N) is 2. The number of carbonyl (C=O) groups excluding carboxylic acids is 1. The maximum absolute atomic E-state index is 13.1. The molecule has 0 N–H and O–H groups in total. The Hall–Kier alpha value is -1.82. The molecule has 162 valence electrons. The van der Waals surface area contributed by atoms with E-state index in [4.69, 9.17) is 23.8 Å². The Morgan fingerprint density at radius 2 is 1.97 bits per heavy atom. The van der Waals surface area contributed by atoms with Gasteiger partial charge in [-0.05, 0) is 74.1 Å². The van der Waals surface area contributed by atoms with Gasteiger partial charge in [0.15, 0.2) is 4.32 Å². The Labute approximate surface area is 199 Å². The number of thiocarbonyl (C=S) groups is 1. The molecule has 2 aliphatic heterocycles. The third kappa shape index (κ3) is 4.15. The molecule has 31 heavy (non-hydrogen) atoms. The molecule has 1 fully saturated rings. The lowest BCUT2D eigenvalue weighted by atomic mass is 9.79.